The number of anilines is 1. The van der Waals surface area contributed by atoms with Crippen molar-refractivity contribution < 1.29 is 18.7 Å². The largest absolute Gasteiger partial charge is 0.469 e. The van der Waals surface area contributed by atoms with Gasteiger partial charge in [-0.2, -0.15) is 5.26 Å². The molecule has 6 nitrogen and oxygen atoms in total. The van der Waals surface area contributed by atoms with Crippen molar-refractivity contribution in [1.29, 1.82) is 5.26 Å². The molecule has 1 aromatic carbocycles. The standard InChI is InChI=1S/C20H22N2O4/c1-15-11-16(2)13-17(12-15)22(9-4-8-21)19(23)14-26-20(24)7-6-18-5-3-10-25-18/h3,5,10-13H,4,6-7,9,14H2,1-2H3. The zero-order valence-corrected chi connectivity index (χ0v) is 15.0. The van der Waals surface area contributed by atoms with E-state index in [1.807, 2.05) is 38.1 Å². The second-order valence-electron chi connectivity index (χ2n) is 6.04. The summed E-state index contributed by atoms with van der Waals surface area (Å²) >= 11 is 0. The minimum Gasteiger partial charge on any atom is -0.469 e. The van der Waals surface area contributed by atoms with Gasteiger partial charge in [-0.05, 0) is 49.2 Å². The first-order chi connectivity index (χ1) is 12.5. The molecule has 0 aliphatic rings. The van der Waals surface area contributed by atoms with Gasteiger partial charge in [-0.1, -0.05) is 6.07 Å². The topological polar surface area (TPSA) is 83.5 Å². The highest BCUT2D eigenvalue weighted by Gasteiger charge is 2.18. The molecule has 6 heteroatoms. The van der Waals surface area contributed by atoms with Gasteiger partial charge in [0.2, 0.25) is 0 Å². The average molecular weight is 354 g/mol. The van der Waals surface area contributed by atoms with E-state index in [0.717, 1.165) is 11.1 Å². The van der Waals surface area contributed by atoms with Crippen molar-refractivity contribution in [3.63, 3.8) is 0 Å². The molecule has 0 saturated heterocycles. The third kappa shape index (κ3) is 5.78. The zero-order valence-electron chi connectivity index (χ0n) is 15.0. The zero-order chi connectivity index (χ0) is 18.9. The van der Waals surface area contributed by atoms with Crippen molar-refractivity contribution in [2.45, 2.75) is 33.1 Å². The maximum Gasteiger partial charge on any atom is 0.306 e. The number of amides is 1. The molecule has 1 amide bonds. The molecular formula is C20H22N2O4. The molecule has 0 spiro atoms. The fraction of sp³-hybridized carbons (Fsp3) is 0.350. The molecule has 0 atom stereocenters. The van der Waals surface area contributed by atoms with E-state index in [1.54, 1.807) is 18.4 Å². The molecule has 1 aromatic heterocycles. The molecule has 1 heterocycles. The Morgan fingerprint density at radius 2 is 1.96 bits per heavy atom. The van der Waals surface area contributed by atoms with Crippen molar-refractivity contribution in [1.82, 2.24) is 0 Å². The number of carbonyl (C=O) groups is 2. The summed E-state index contributed by atoms with van der Waals surface area (Å²) < 4.78 is 10.2. The Bertz CT molecular complexity index is 770. The summed E-state index contributed by atoms with van der Waals surface area (Å²) in [5.41, 5.74) is 2.74. The molecule has 0 aliphatic heterocycles. The number of furan rings is 1. The van der Waals surface area contributed by atoms with Crippen LogP contribution < -0.4 is 4.90 Å². The normalized spacial score (nSPS) is 10.2. The van der Waals surface area contributed by atoms with E-state index in [1.165, 1.54) is 4.90 Å². The van der Waals surface area contributed by atoms with Gasteiger partial charge < -0.3 is 14.1 Å². The number of nitrogens with zero attached hydrogens (tertiary/aromatic N) is 2. The predicted octanol–water partition coefficient (Wildman–Crippen LogP) is 3.32. The number of hydrogen-bond acceptors (Lipinski definition) is 5. The maximum absolute atomic E-state index is 12.5. The summed E-state index contributed by atoms with van der Waals surface area (Å²) in [6, 6.07) is 11.3. The number of rotatable bonds is 8. The maximum atomic E-state index is 12.5. The van der Waals surface area contributed by atoms with Crippen LogP contribution in [-0.2, 0) is 20.7 Å². The molecule has 2 rings (SSSR count). The van der Waals surface area contributed by atoms with Gasteiger partial charge in [0, 0.05) is 18.7 Å². The van der Waals surface area contributed by atoms with Gasteiger partial charge in [0.05, 0.1) is 25.2 Å². The van der Waals surface area contributed by atoms with Crippen LogP contribution in [0.4, 0.5) is 5.69 Å². The molecule has 136 valence electrons. The van der Waals surface area contributed by atoms with E-state index in [9.17, 15) is 9.59 Å². The van der Waals surface area contributed by atoms with Crippen LogP contribution in [0.15, 0.2) is 41.0 Å². The van der Waals surface area contributed by atoms with Gasteiger partial charge in [0.1, 0.15) is 5.76 Å². The molecule has 0 radical (unpaired) electrons. The summed E-state index contributed by atoms with van der Waals surface area (Å²) in [5.74, 6) is -0.119. The smallest absolute Gasteiger partial charge is 0.306 e. The summed E-state index contributed by atoms with van der Waals surface area (Å²) in [6.07, 6.45) is 2.31. The molecule has 26 heavy (non-hydrogen) atoms. The number of ether oxygens (including phenoxy) is 1. The Kier molecular flexibility index (Phi) is 6.98. The van der Waals surface area contributed by atoms with E-state index in [4.69, 9.17) is 14.4 Å². The van der Waals surface area contributed by atoms with E-state index in [0.29, 0.717) is 17.9 Å². The predicted molar refractivity (Wildman–Crippen MR) is 96.5 cm³/mol. The lowest BCUT2D eigenvalue weighted by Gasteiger charge is -2.22. The lowest BCUT2D eigenvalue weighted by atomic mass is 10.1. The number of hydrogen-bond donors (Lipinski definition) is 0. The fourth-order valence-corrected chi connectivity index (χ4v) is 2.64. The number of nitriles is 1. The van der Waals surface area contributed by atoms with Gasteiger partial charge >= 0.3 is 5.97 Å². The first-order valence-electron chi connectivity index (χ1n) is 8.43. The van der Waals surface area contributed by atoms with Crippen LogP contribution in [0.1, 0.15) is 29.7 Å². The van der Waals surface area contributed by atoms with Crippen molar-refractivity contribution in [3.05, 3.63) is 53.5 Å². The van der Waals surface area contributed by atoms with Crippen molar-refractivity contribution in [3.8, 4) is 6.07 Å². The fourth-order valence-electron chi connectivity index (χ4n) is 2.64. The molecule has 0 N–H and O–H groups in total. The number of carbonyl (C=O) groups excluding carboxylic acids is 2. The highest BCUT2D eigenvalue weighted by Crippen LogP contribution is 2.19. The van der Waals surface area contributed by atoms with Crippen LogP contribution in [0.5, 0.6) is 0 Å². The minimum atomic E-state index is -0.463. The molecule has 0 saturated carbocycles. The van der Waals surface area contributed by atoms with Crippen molar-refractivity contribution >= 4 is 17.6 Å². The Balaban J connectivity index is 1.95. The van der Waals surface area contributed by atoms with Crippen molar-refractivity contribution in [2.24, 2.45) is 0 Å². The van der Waals surface area contributed by atoms with Crippen LogP contribution >= 0.6 is 0 Å². The van der Waals surface area contributed by atoms with Gasteiger partial charge in [0.15, 0.2) is 6.61 Å². The van der Waals surface area contributed by atoms with Crippen molar-refractivity contribution in [2.75, 3.05) is 18.1 Å². The van der Waals surface area contributed by atoms with E-state index in [-0.39, 0.29) is 31.9 Å². The van der Waals surface area contributed by atoms with Crippen LogP contribution in [0, 0.1) is 25.2 Å². The Morgan fingerprint density at radius 1 is 1.23 bits per heavy atom. The third-order valence-electron chi connectivity index (χ3n) is 3.78. The highest BCUT2D eigenvalue weighted by atomic mass is 16.5. The lowest BCUT2D eigenvalue weighted by molar-refractivity contribution is -0.147. The lowest BCUT2D eigenvalue weighted by Crippen LogP contribution is -2.35. The summed E-state index contributed by atoms with van der Waals surface area (Å²) in [7, 11) is 0. The van der Waals surface area contributed by atoms with Crippen LogP contribution in [-0.4, -0.2) is 25.0 Å². The molecular weight excluding hydrogens is 332 g/mol. The second-order valence-corrected chi connectivity index (χ2v) is 6.04. The first-order valence-corrected chi connectivity index (χ1v) is 8.43. The monoisotopic (exact) mass is 354 g/mol. The summed E-state index contributed by atoms with van der Waals surface area (Å²) in [4.78, 5) is 25.9. The van der Waals surface area contributed by atoms with Gasteiger partial charge in [-0.3, -0.25) is 9.59 Å². The Morgan fingerprint density at radius 3 is 2.58 bits per heavy atom. The number of esters is 1. The average Bonchev–Trinajstić information content (AvgIpc) is 3.11. The van der Waals surface area contributed by atoms with E-state index >= 15 is 0 Å². The summed E-state index contributed by atoms with van der Waals surface area (Å²) in [6.45, 7) is 3.79. The van der Waals surface area contributed by atoms with E-state index in [2.05, 4.69) is 0 Å². The molecule has 0 unspecified atom stereocenters. The third-order valence-corrected chi connectivity index (χ3v) is 3.78. The minimum absolute atomic E-state index is 0.141. The van der Waals surface area contributed by atoms with Crippen LogP contribution in [0.3, 0.4) is 0 Å². The molecule has 2 aromatic rings. The van der Waals surface area contributed by atoms with Gasteiger partial charge in [-0.25, -0.2) is 0 Å². The number of benzene rings is 1. The SMILES string of the molecule is Cc1cc(C)cc(N(CCC#N)C(=O)COC(=O)CCc2ccco2)c1. The second kappa shape index (κ2) is 9.42. The molecule has 0 fully saturated rings. The van der Waals surface area contributed by atoms with Gasteiger partial charge in [0.25, 0.3) is 5.91 Å². The van der Waals surface area contributed by atoms with E-state index < -0.39 is 5.97 Å². The number of aryl methyl sites for hydroxylation is 3. The molecule has 0 bridgehead atoms. The Hall–Kier alpha value is -3.07. The van der Waals surface area contributed by atoms with Crippen LogP contribution in [0.25, 0.3) is 0 Å². The highest BCUT2D eigenvalue weighted by molar-refractivity contribution is 5.95. The molecule has 0 aliphatic carbocycles. The quantitative estimate of drug-likeness (QED) is 0.679. The van der Waals surface area contributed by atoms with Gasteiger partial charge in [-0.15, -0.1) is 0 Å². The summed E-state index contributed by atoms with van der Waals surface area (Å²) in [5, 5.41) is 8.85. The van der Waals surface area contributed by atoms with Crippen LogP contribution in [0.2, 0.25) is 0 Å². The Labute approximate surface area is 153 Å². The first kappa shape index (κ1) is 19.3.